The highest BCUT2D eigenvalue weighted by atomic mass is 35.5. The van der Waals surface area contributed by atoms with Gasteiger partial charge in [-0.25, -0.2) is 8.42 Å². The van der Waals surface area contributed by atoms with E-state index in [4.69, 9.17) is 11.6 Å². The van der Waals surface area contributed by atoms with Gasteiger partial charge in [-0.2, -0.15) is 4.31 Å². The Bertz CT molecular complexity index is 704. The van der Waals surface area contributed by atoms with Crippen LogP contribution in [-0.4, -0.2) is 49.7 Å². The molecule has 0 spiro atoms. The molecule has 1 aromatic carbocycles. The molecule has 1 saturated heterocycles. The number of carbonyl (C=O) groups is 1. The second-order valence-electron chi connectivity index (χ2n) is 6.65. The van der Waals surface area contributed by atoms with Crippen LogP contribution in [0.3, 0.4) is 0 Å². The average molecular weight is 373 g/mol. The molecule has 0 radical (unpaired) electrons. The van der Waals surface area contributed by atoms with Crippen LogP contribution in [0.15, 0.2) is 23.1 Å². The van der Waals surface area contributed by atoms with Crippen molar-refractivity contribution >= 4 is 27.5 Å². The molecule has 0 N–H and O–H groups in total. The Kier molecular flexibility index (Phi) is 6.28. The molecule has 1 aliphatic rings. The topological polar surface area (TPSA) is 57.7 Å². The van der Waals surface area contributed by atoms with Gasteiger partial charge in [0.15, 0.2) is 0 Å². The van der Waals surface area contributed by atoms with E-state index in [9.17, 15) is 13.2 Å². The molecule has 1 aliphatic heterocycles. The van der Waals surface area contributed by atoms with E-state index in [1.54, 1.807) is 17.0 Å². The predicted octanol–water partition coefficient (Wildman–Crippen LogP) is 2.92. The van der Waals surface area contributed by atoms with Gasteiger partial charge in [0.05, 0.1) is 4.90 Å². The highest BCUT2D eigenvalue weighted by molar-refractivity contribution is 7.89. The minimum absolute atomic E-state index is 0.0997. The fraction of sp³-hybridized carbons (Fsp3) is 0.588. The molecular formula is C17H25ClN2O3S. The Balaban J connectivity index is 2.12. The highest BCUT2D eigenvalue weighted by Crippen LogP contribution is 2.23. The number of nitrogens with zero attached hydrogens (tertiary/aromatic N) is 2. The molecule has 134 valence electrons. The van der Waals surface area contributed by atoms with Crippen LogP contribution in [0.25, 0.3) is 0 Å². The number of hydrogen-bond donors (Lipinski definition) is 0. The molecule has 0 aliphatic carbocycles. The van der Waals surface area contributed by atoms with Crippen LogP contribution in [0.1, 0.15) is 32.3 Å². The van der Waals surface area contributed by atoms with Crippen molar-refractivity contribution in [3.8, 4) is 0 Å². The Labute approximate surface area is 149 Å². The Morgan fingerprint density at radius 3 is 2.54 bits per heavy atom. The van der Waals surface area contributed by atoms with Crippen LogP contribution in [-0.2, 0) is 14.8 Å². The highest BCUT2D eigenvalue weighted by Gasteiger charge is 2.28. The van der Waals surface area contributed by atoms with Crippen molar-refractivity contribution in [2.75, 3.05) is 26.2 Å². The fourth-order valence-electron chi connectivity index (χ4n) is 2.74. The van der Waals surface area contributed by atoms with E-state index >= 15 is 0 Å². The lowest BCUT2D eigenvalue weighted by molar-refractivity contribution is -0.131. The molecule has 1 fully saturated rings. The normalized spacial score (nSPS) is 17.1. The van der Waals surface area contributed by atoms with Gasteiger partial charge in [0.25, 0.3) is 0 Å². The first-order valence-electron chi connectivity index (χ1n) is 8.26. The molecule has 1 amide bonds. The van der Waals surface area contributed by atoms with Crippen molar-refractivity contribution < 1.29 is 13.2 Å². The number of amides is 1. The fourth-order valence-corrected chi connectivity index (χ4v) is 4.49. The summed E-state index contributed by atoms with van der Waals surface area (Å²) >= 11 is 6.07. The molecule has 0 saturated carbocycles. The zero-order valence-electron chi connectivity index (χ0n) is 14.5. The van der Waals surface area contributed by atoms with Gasteiger partial charge in [-0.15, -0.1) is 0 Å². The van der Waals surface area contributed by atoms with Crippen LogP contribution < -0.4 is 0 Å². The minimum atomic E-state index is -3.59. The maximum Gasteiger partial charge on any atom is 0.243 e. The molecule has 5 nitrogen and oxygen atoms in total. The Morgan fingerprint density at radius 2 is 1.92 bits per heavy atom. The van der Waals surface area contributed by atoms with Crippen LogP contribution in [0, 0.1) is 12.8 Å². The lowest BCUT2D eigenvalue weighted by atomic mass is 10.1. The number of benzene rings is 1. The third kappa shape index (κ3) is 4.49. The summed E-state index contributed by atoms with van der Waals surface area (Å²) in [6.07, 6.45) is 1.14. The van der Waals surface area contributed by atoms with Crippen molar-refractivity contribution in [3.63, 3.8) is 0 Å². The van der Waals surface area contributed by atoms with Gasteiger partial charge in [0.1, 0.15) is 0 Å². The van der Waals surface area contributed by atoms with E-state index in [1.165, 1.54) is 10.4 Å². The molecule has 0 aromatic heterocycles. The van der Waals surface area contributed by atoms with Gasteiger partial charge < -0.3 is 4.90 Å². The van der Waals surface area contributed by atoms with Crippen LogP contribution >= 0.6 is 11.6 Å². The maximum atomic E-state index is 12.8. The Hall–Kier alpha value is -1.11. The summed E-state index contributed by atoms with van der Waals surface area (Å²) in [5, 5.41) is 0.444. The summed E-state index contributed by atoms with van der Waals surface area (Å²) in [5.41, 5.74) is 0.844. The molecule has 7 heteroatoms. The minimum Gasteiger partial charge on any atom is -0.341 e. The first-order valence-corrected chi connectivity index (χ1v) is 10.1. The van der Waals surface area contributed by atoms with Crippen molar-refractivity contribution in [1.82, 2.24) is 9.21 Å². The lowest BCUT2D eigenvalue weighted by Crippen LogP contribution is -2.37. The second kappa shape index (κ2) is 7.85. The van der Waals surface area contributed by atoms with Crippen molar-refractivity contribution in [2.24, 2.45) is 5.92 Å². The van der Waals surface area contributed by atoms with Crippen molar-refractivity contribution in [1.29, 1.82) is 0 Å². The first kappa shape index (κ1) is 19.2. The standard InChI is InChI=1S/C17H25ClN2O3S/c1-13(2)11-17(21)19-7-4-8-20(10-9-19)24(22,23)15-6-5-14(3)16(18)12-15/h5-6,12-13H,4,7-11H2,1-3H3. The van der Waals surface area contributed by atoms with E-state index in [0.29, 0.717) is 50.0 Å². The third-order valence-corrected chi connectivity index (χ3v) is 6.47. The molecule has 0 unspecified atom stereocenters. The predicted molar refractivity (Wildman–Crippen MR) is 95.6 cm³/mol. The molecule has 2 rings (SSSR count). The number of hydrogen-bond acceptors (Lipinski definition) is 3. The third-order valence-electron chi connectivity index (χ3n) is 4.17. The maximum absolute atomic E-state index is 12.8. The van der Waals surface area contributed by atoms with Gasteiger partial charge in [-0.3, -0.25) is 4.79 Å². The lowest BCUT2D eigenvalue weighted by Gasteiger charge is -2.22. The molecule has 24 heavy (non-hydrogen) atoms. The Morgan fingerprint density at radius 1 is 1.21 bits per heavy atom. The molecule has 1 heterocycles. The number of halogens is 1. The zero-order valence-corrected chi connectivity index (χ0v) is 16.0. The molecular weight excluding hydrogens is 348 g/mol. The summed E-state index contributed by atoms with van der Waals surface area (Å²) in [7, 11) is -3.59. The second-order valence-corrected chi connectivity index (χ2v) is 8.99. The summed E-state index contributed by atoms with van der Waals surface area (Å²) in [5.74, 6) is 0.401. The van der Waals surface area contributed by atoms with E-state index in [1.807, 2.05) is 20.8 Å². The molecule has 1 aromatic rings. The summed E-state index contributed by atoms with van der Waals surface area (Å²) in [6.45, 7) is 7.62. The first-order chi connectivity index (χ1) is 11.2. The van der Waals surface area contributed by atoms with E-state index in [-0.39, 0.29) is 10.8 Å². The van der Waals surface area contributed by atoms with Gasteiger partial charge in [-0.05, 0) is 37.0 Å². The van der Waals surface area contributed by atoms with Gasteiger partial charge in [0.2, 0.25) is 15.9 Å². The number of carbonyl (C=O) groups excluding carboxylic acids is 1. The van der Waals surface area contributed by atoms with E-state index in [0.717, 1.165) is 5.56 Å². The summed E-state index contributed by atoms with van der Waals surface area (Å²) in [4.78, 5) is 14.2. The number of sulfonamides is 1. The van der Waals surface area contributed by atoms with Gasteiger partial charge in [-0.1, -0.05) is 31.5 Å². The van der Waals surface area contributed by atoms with Crippen LogP contribution in [0.5, 0.6) is 0 Å². The number of rotatable bonds is 4. The van der Waals surface area contributed by atoms with E-state index in [2.05, 4.69) is 0 Å². The van der Waals surface area contributed by atoms with Crippen molar-refractivity contribution in [3.05, 3.63) is 28.8 Å². The monoisotopic (exact) mass is 372 g/mol. The smallest absolute Gasteiger partial charge is 0.243 e. The number of aryl methyl sites for hydroxylation is 1. The molecule has 0 atom stereocenters. The van der Waals surface area contributed by atoms with Gasteiger partial charge in [0, 0.05) is 37.6 Å². The summed E-state index contributed by atoms with van der Waals surface area (Å²) < 4.78 is 27.1. The van der Waals surface area contributed by atoms with Crippen LogP contribution in [0.2, 0.25) is 5.02 Å². The quantitative estimate of drug-likeness (QED) is 0.816. The van der Waals surface area contributed by atoms with Crippen LogP contribution in [0.4, 0.5) is 0 Å². The zero-order chi connectivity index (χ0) is 17.9. The van der Waals surface area contributed by atoms with E-state index < -0.39 is 10.0 Å². The SMILES string of the molecule is Cc1ccc(S(=O)(=O)N2CCCN(C(=O)CC(C)C)CC2)cc1Cl. The summed E-state index contributed by atoms with van der Waals surface area (Å²) in [6, 6.07) is 4.80. The largest absolute Gasteiger partial charge is 0.341 e. The van der Waals surface area contributed by atoms with Crippen molar-refractivity contribution in [2.45, 2.75) is 38.5 Å². The average Bonchev–Trinajstić information content (AvgIpc) is 2.75. The molecule has 0 bridgehead atoms. The van der Waals surface area contributed by atoms with Gasteiger partial charge >= 0.3 is 0 Å².